The lowest BCUT2D eigenvalue weighted by Gasteiger charge is -2.12. The molecule has 168 valence electrons. The van der Waals surface area contributed by atoms with Crippen LogP contribution in [0.1, 0.15) is 23.0 Å². The number of nitrogens with one attached hydrogen (secondary N) is 3. The van der Waals surface area contributed by atoms with Gasteiger partial charge in [-0.3, -0.25) is 5.43 Å². The van der Waals surface area contributed by atoms with Crippen LogP contribution in [0.5, 0.6) is 5.75 Å². The molecule has 3 heterocycles. The van der Waals surface area contributed by atoms with Crippen molar-refractivity contribution in [2.75, 3.05) is 23.3 Å². The molecule has 4 aromatic rings. The van der Waals surface area contributed by atoms with Crippen molar-refractivity contribution in [3.63, 3.8) is 0 Å². The van der Waals surface area contributed by atoms with Gasteiger partial charge in [-0.1, -0.05) is 12.1 Å². The van der Waals surface area contributed by atoms with Gasteiger partial charge in [0.15, 0.2) is 5.82 Å². The second kappa shape index (κ2) is 10.1. The molecule has 0 spiro atoms. The number of hydrogen-bond acceptors (Lipinski definition) is 10. The van der Waals surface area contributed by atoms with E-state index in [4.69, 9.17) is 13.6 Å². The fourth-order valence-electron chi connectivity index (χ4n) is 2.87. The molecule has 4 rings (SSSR count). The Morgan fingerprint density at radius 2 is 1.45 bits per heavy atom. The predicted molar refractivity (Wildman–Crippen MR) is 128 cm³/mol. The highest BCUT2D eigenvalue weighted by atomic mass is 16.5. The molecule has 10 nitrogen and oxygen atoms in total. The Morgan fingerprint density at radius 1 is 0.818 bits per heavy atom. The van der Waals surface area contributed by atoms with Gasteiger partial charge in [0.25, 0.3) is 0 Å². The lowest BCUT2D eigenvalue weighted by molar-refractivity contribution is 0.417. The number of methoxy groups -OCH3 is 1. The zero-order valence-corrected chi connectivity index (χ0v) is 18.4. The summed E-state index contributed by atoms with van der Waals surface area (Å²) in [7, 11) is 1.61. The Hall–Kier alpha value is -4.60. The predicted octanol–water partition coefficient (Wildman–Crippen LogP) is 4.92. The Labute approximate surface area is 190 Å². The number of anilines is 4. The first kappa shape index (κ1) is 21.6. The number of para-hydroxylation sites is 2. The van der Waals surface area contributed by atoms with Crippen molar-refractivity contribution in [3.8, 4) is 5.75 Å². The summed E-state index contributed by atoms with van der Waals surface area (Å²) in [5.41, 5.74) is 6.45. The van der Waals surface area contributed by atoms with Gasteiger partial charge in [-0.2, -0.15) is 20.2 Å². The monoisotopic (exact) mass is 445 g/mol. The molecule has 0 aliphatic carbocycles. The minimum Gasteiger partial charge on any atom is -0.495 e. The van der Waals surface area contributed by atoms with Gasteiger partial charge in [0.2, 0.25) is 5.95 Å². The van der Waals surface area contributed by atoms with Crippen molar-refractivity contribution in [3.05, 3.63) is 77.6 Å². The molecule has 0 saturated carbocycles. The number of rotatable bonds is 9. The Kier molecular flexibility index (Phi) is 6.64. The smallest absolute Gasteiger partial charge is 0.247 e. The Bertz CT molecular complexity index is 1210. The molecular formula is C23H23N7O3. The molecule has 0 amide bonds. The van der Waals surface area contributed by atoms with Crippen LogP contribution in [-0.2, 0) is 0 Å². The number of benzene rings is 1. The third-order valence-corrected chi connectivity index (χ3v) is 4.35. The number of aryl methyl sites for hydroxylation is 2. The highest BCUT2D eigenvalue weighted by Gasteiger charge is 2.08. The highest BCUT2D eigenvalue weighted by molar-refractivity contribution is 5.77. The summed E-state index contributed by atoms with van der Waals surface area (Å²) < 4.78 is 16.4. The van der Waals surface area contributed by atoms with E-state index in [1.165, 1.54) is 0 Å². The highest BCUT2D eigenvalue weighted by Crippen LogP contribution is 2.27. The van der Waals surface area contributed by atoms with Crippen molar-refractivity contribution >= 4 is 35.7 Å². The summed E-state index contributed by atoms with van der Waals surface area (Å²) >= 11 is 0. The van der Waals surface area contributed by atoms with Crippen LogP contribution in [-0.4, -0.2) is 29.5 Å². The first-order chi connectivity index (χ1) is 16.1. The molecule has 0 aliphatic rings. The van der Waals surface area contributed by atoms with E-state index in [-0.39, 0.29) is 5.95 Å². The number of nitrogens with zero attached hydrogens (tertiary/aromatic N) is 4. The Morgan fingerprint density at radius 3 is 2.09 bits per heavy atom. The third kappa shape index (κ3) is 5.97. The van der Waals surface area contributed by atoms with Gasteiger partial charge >= 0.3 is 0 Å². The summed E-state index contributed by atoms with van der Waals surface area (Å²) in [5.74, 6) is 4.71. The van der Waals surface area contributed by atoms with E-state index in [1.807, 2.05) is 62.4 Å². The molecule has 0 saturated heterocycles. The molecule has 0 unspecified atom stereocenters. The first-order valence-corrected chi connectivity index (χ1v) is 10.1. The molecule has 3 N–H and O–H groups in total. The van der Waals surface area contributed by atoms with E-state index in [0.29, 0.717) is 28.9 Å². The normalized spacial score (nSPS) is 11.2. The van der Waals surface area contributed by atoms with Crippen molar-refractivity contribution in [1.82, 2.24) is 9.97 Å². The molecule has 0 fully saturated rings. The van der Waals surface area contributed by atoms with E-state index < -0.39 is 0 Å². The first-order valence-electron chi connectivity index (χ1n) is 10.1. The van der Waals surface area contributed by atoms with Gasteiger partial charge in [0.1, 0.15) is 34.6 Å². The average Bonchev–Trinajstić information content (AvgIpc) is 3.41. The van der Waals surface area contributed by atoms with Crippen molar-refractivity contribution < 1.29 is 13.6 Å². The number of furan rings is 2. The van der Waals surface area contributed by atoms with Gasteiger partial charge < -0.3 is 18.9 Å². The van der Waals surface area contributed by atoms with Gasteiger partial charge in [0, 0.05) is 6.07 Å². The molecule has 1 aromatic carbocycles. The number of ether oxygens (including phenoxy) is 1. The second-order valence-corrected chi connectivity index (χ2v) is 6.92. The minimum atomic E-state index is 0.251. The fourth-order valence-corrected chi connectivity index (χ4v) is 2.87. The van der Waals surface area contributed by atoms with E-state index >= 15 is 0 Å². The topological polar surface area (TPSA) is 122 Å². The Balaban J connectivity index is 1.55. The van der Waals surface area contributed by atoms with Crippen LogP contribution in [0.4, 0.5) is 23.3 Å². The molecular weight excluding hydrogens is 422 g/mol. The van der Waals surface area contributed by atoms with Crippen LogP contribution in [0.2, 0.25) is 0 Å². The van der Waals surface area contributed by atoms with Crippen LogP contribution in [0.25, 0.3) is 0 Å². The summed E-state index contributed by atoms with van der Waals surface area (Å²) in [6.07, 6.45) is 3.11. The van der Waals surface area contributed by atoms with Crippen molar-refractivity contribution in [2.24, 2.45) is 10.2 Å². The standard InChI is InChI=1S/C23H23N7O3/c1-15-8-10-17(32-15)13-24-29-22-12-21(26-19-6-4-5-7-20(19)31-3)27-23(28-22)30-25-14-18-11-9-16(2)33-18/h4-14H,1-3H3,(H3,26,27,28,29,30). The van der Waals surface area contributed by atoms with E-state index in [1.54, 1.807) is 25.6 Å². The van der Waals surface area contributed by atoms with E-state index in [9.17, 15) is 0 Å². The SMILES string of the molecule is COc1ccccc1Nc1cc(NN=Cc2ccc(C)o2)nc(NN=Cc2ccc(C)o2)n1. The zero-order chi connectivity index (χ0) is 23.0. The summed E-state index contributed by atoms with van der Waals surface area (Å²) in [6, 6.07) is 16.6. The van der Waals surface area contributed by atoms with Crippen LogP contribution in [0, 0.1) is 13.8 Å². The van der Waals surface area contributed by atoms with Crippen molar-refractivity contribution in [2.45, 2.75) is 13.8 Å². The number of hydrazone groups is 2. The quantitative estimate of drug-likeness (QED) is 0.245. The van der Waals surface area contributed by atoms with Crippen molar-refractivity contribution in [1.29, 1.82) is 0 Å². The zero-order valence-electron chi connectivity index (χ0n) is 18.4. The largest absolute Gasteiger partial charge is 0.495 e. The van der Waals surface area contributed by atoms with Gasteiger partial charge in [0.05, 0.1) is 25.2 Å². The summed E-state index contributed by atoms with van der Waals surface area (Å²) in [6.45, 7) is 3.73. The third-order valence-electron chi connectivity index (χ3n) is 4.35. The molecule has 10 heteroatoms. The number of hydrogen-bond donors (Lipinski definition) is 3. The summed E-state index contributed by atoms with van der Waals surface area (Å²) in [5, 5.41) is 11.6. The number of aromatic nitrogens is 2. The molecule has 33 heavy (non-hydrogen) atoms. The van der Waals surface area contributed by atoms with Crippen LogP contribution in [0.3, 0.4) is 0 Å². The molecule has 0 atom stereocenters. The fraction of sp³-hybridized carbons (Fsp3) is 0.130. The van der Waals surface area contributed by atoms with Crippen LogP contribution >= 0.6 is 0 Å². The molecule has 0 bridgehead atoms. The van der Waals surface area contributed by atoms with Gasteiger partial charge in [-0.15, -0.1) is 0 Å². The maximum absolute atomic E-state index is 5.48. The summed E-state index contributed by atoms with van der Waals surface area (Å²) in [4.78, 5) is 8.86. The second-order valence-electron chi connectivity index (χ2n) is 6.92. The lowest BCUT2D eigenvalue weighted by atomic mass is 10.3. The van der Waals surface area contributed by atoms with Gasteiger partial charge in [-0.25, -0.2) is 5.43 Å². The molecule has 0 aliphatic heterocycles. The molecule has 0 radical (unpaired) electrons. The van der Waals surface area contributed by atoms with E-state index in [0.717, 1.165) is 17.2 Å². The molecule has 3 aromatic heterocycles. The van der Waals surface area contributed by atoms with E-state index in [2.05, 4.69) is 36.3 Å². The lowest BCUT2D eigenvalue weighted by Crippen LogP contribution is -2.04. The van der Waals surface area contributed by atoms with Crippen LogP contribution < -0.4 is 20.9 Å². The average molecular weight is 445 g/mol. The van der Waals surface area contributed by atoms with Crippen LogP contribution in [0.15, 0.2) is 73.6 Å². The maximum Gasteiger partial charge on any atom is 0.247 e. The minimum absolute atomic E-state index is 0.251. The maximum atomic E-state index is 5.48. The van der Waals surface area contributed by atoms with Gasteiger partial charge in [-0.05, 0) is 50.2 Å².